The third-order valence-corrected chi connectivity index (χ3v) is 4.03. The van der Waals surface area contributed by atoms with Gasteiger partial charge < -0.3 is 0 Å². The van der Waals surface area contributed by atoms with Crippen molar-refractivity contribution < 1.29 is 0 Å². The van der Waals surface area contributed by atoms with Gasteiger partial charge in [-0.1, -0.05) is 12.1 Å². The third-order valence-electron chi connectivity index (χ3n) is 3.02. The zero-order valence-electron chi connectivity index (χ0n) is 12.1. The fraction of sp³-hybridized carbons (Fsp3) is 0.143. The van der Waals surface area contributed by atoms with Crippen molar-refractivity contribution in [1.29, 1.82) is 0 Å². The van der Waals surface area contributed by atoms with Gasteiger partial charge in [-0.15, -0.1) is 11.8 Å². The SMILES string of the molecule is CSc1ccc(/C=N\n2c(-c3cc(C)[nH]n3)n[nH]c2=S)cc1. The summed E-state index contributed by atoms with van der Waals surface area (Å²) in [6.45, 7) is 1.93. The summed E-state index contributed by atoms with van der Waals surface area (Å²) in [5.41, 5.74) is 2.64. The van der Waals surface area contributed by atoms with Crippen LogP contribution in [-0.2, 0) is 0 Å². The fourth-order valence-electron chi connectivity index (χ4n) is 1.91. The molecular weight excluding hydrogens is 316 g/mol. The van der Waals surface area contributed by atoms with Crippen LogP contribution in [0.25, 0.3) is 11.5 Å². The van der Waals surface area contributed by atoms with Crippen molar-refractivity contribution >= 4 is 30.2 Å². The van der Waals surface area contributed by atoms with Gasteiger partial charge in [-0.3, -0.25) is 5.10 Å². The quantitative estimate of drug-likeness (QED) is 0.437. The lowest BCUT2D eigenvalue weighted by Gasteiger charge is -1.98. The number of rotatable bonds is 4. The van der Waals surface area contributed by atoms with Crippen molar-refractivity contribution in [2.24, 2.45) is 5.10 Å². The number of nitrogens with zero attached hydrogens (tertiary/aromatic N) is 4. The second-order valence-corrected chi connectivity index (χ2v) is 5.88. The summed E-state index contributed by atoms with van der Waals surface area (Å²) < 4.78 is 1.99. The molecule has 3 aromatic rings. The highest BCUT2D eigenvalue weighted by atomic mass is 32.2. The molecule has 2 N–H and O–H groups in total. The minimum Gasteiger partial charge on any atom is -0.282 e. The van der Waals surface area contributed by atoms with Gasteiger partial charge >= 0.3 is 0 Å². The number of nitrogens with one attached hydrogen (secondary N) is 2. The van der Waals surface area contributed by atoms with Crippen molar-refractivity contribution in [2.75, 3.05) is 6.26 Å². The van der Waals surface area contributed by atoms with Gasteiger partial charge in [-0.05, 0) is 49.2 Å². The van der Waals surface area contributed by atoms with E-state index in [1.807, 2.05) is 31.4 Å². The molecule has 0 unspecified atom stereocenters. The standard InChI is InChI=1S/C14H14N6S2/c1-9-7-12(17-16-9)13-18-19-14(21)20(13)15-8-10-3-5-11(22-2)6-4-10/h3-8H,1-2H3,(H,16,17)(H,19,21)/b15-8-. The van der Waals surface area contributed by atoms with Gasteiger partial charge in [-0.25, -0.2) is 5.10 Å². The van der Waals surface area contributed by atoms with E-state index < -0.39 is 0 Å². The molecule has 0 amide bonds. The predicted molar refractivity (Wildman–Crippen MR) is 90.9 cm³/mol. The Balaban J connectivity index is 1.93. The average molecular weight is 330 g/mol. The van der Waals surface area contributed by atoms with Crippen LogP contribution in [0, 0.1) is 11.7 Å². The third kappa shape index (κ3) is 3.02. The Morgan fingerprint density at radius 2 is 2.00 bits per heavy atom. The molecule has 0 aliphatic carbocycles. The van der Waals surface area contributed by atoms with Crippen LogP contribution in [0.5, 0.6) is 0 Å². The molecule has 0 aliphatic rings. The van der Waals surface area contributed by atoms with Gasteiger partial charge in [0.2, 0.25) is 10.6 Å². The van der Waals surface area contributed by atoms with Crippen molar-refractivity contribution in [3.8, 4) is 11.5 Å². The minimum absolute atomic E-state index is 0.424. The number of H-pyrrole nitrogens is 2. The molecule has 2 aromatic heterocycles. The molecule has 22 heavy (non-hydrogen) atoms. The first-order chi connectivity index (χ1) is 10.7. The lowest BCUT2D eigenvalue weighted by atomic mass is 10.2. The smallest absolute Gasteiger partial charge is 0.216 e. The van der Waals surface area contributed by atoms with E-state index in [0.717, 1.165) is 11.3 Å². The van der Waals surface area contributed by atoms with Gasteiger partial charge in [-0.2, -0.15) is 20.0 Å². The Kier molecular flexibility index (Phi) is 4.21. The van der Waals surface area contributed by atoms with Crippen LogP contribution in [0.1, 0.15) is 11.3 Å². The summed E-state index contributed by atoms with van der Waals surface area (Å²) in [4.78, 5) is 1.21. The molecule has 8 heteroatoms. The van der Waals surface area contributed by atoms with Crippen LogP contribution in [0.15, 0.2) is 40.3 Å². The zero-order valence-corrected chi connectivity index (χ0v) is 13.7. The molecule has 0 fully saturated rings. The van der Waals surface area contributed by atoms with Crippen molar-refractivity contribution in [3.05, 3.63) is 46.4 Å². The first kappa shape index (κ1) is 14.7. The predicted octanol–water partition coefficient (Wildman–Crippen LogP) is 3.24. The lowest BCUT2D eigenvalue weighted by molar-refractivity contribution is 0.865. The Morgan fingerprint density at radius 1 is 1.23 bits per heavy atom. The summed E-state index contributed by atoms with van der Waals surface area (Å²) in [5.74, 6) is 0.575. The first-order valence-corrected chi connectivity index (χ1v) is 8.19. The van der Waals surface area contributed by atoms with E-state index in [-0.39, 0.29) is 0 Å². The van der Waals surface area contributed by atoms with Gasteiger partial charge in [0, 0.05) is 10.6 Å². The van der Waals surface area contributed by atoms with Gasteiger partial charge in [0.15, 0.2) is 0 Å². The van der Waals surface area contributed by atoms with Gasteiger partial charge in [0.05, 0.1) is 6.21 Å². The minimum atomic E-state index is 0.424. The topological polar surface area (TPSA) is 74.7 Å². The van der Waals surface area contributed by atoms with E-state index in [1.54, 1.807) is 22.7 Å². The molecule has 3 rings (SSSR count). The monoisotopic (exact) mass is 330 g/mol. The number of aromatic amines is 2. The molecule has 0 aliphatic heterocycles. The number of benzene rings is 1. The van der Waals surface area contributed by atoms with E-state index in [0.29, 0.717) is 16.3 Å². The largest absolute Gasteiger partial charge is 0.282 e. The van der Waals surface area contributed by atoms with E-state index in [1.165, 1.54) is 4.90 Å². The number of aryl methyl sites for hydroxylation is 1. The first-order valence-electron chi connectivity index (χ1n) is 6.55. The summed E-state index contributed by atoms with van der Waals surface area (Å²) in [6, 6.07) is 10.0. The zero-order chi connectivity index (χ0) is 15.5. The Labute approximate surface area is 136 Å². The molecule has 1 aromatic carbocycles. The summed E-state index contributed by atoms with van der Waals surface area (Å²) in [6.07, 6.45) is 3.80. The number of aromatic nitrogens is 5. The van der Waals surface area contributed by atoms with E-state index in [9.17, 15) is 0 Å². The summed E-state index contributed by atoms with van der Waals surface area (Å²) in [5, 5.41) is 18.4. The molecule has 0 spiro atoms. The number of thioether (sulfide) groups is 1. The number of hydrogen-bond donors (Lipinski definition) is 2. The summed E-state index contributed by atoms with van der Waals surface area (Å²) in [7, 11) is 0. The van der Waals surface area contributed by atoms with Crippen LogP contribution < -0.4 is 0 Å². The van der Waals surface area contributed by atoms with E-state index in [2.05, 4.69) is 37.6 Å². The molecule has 6 nitrogen and oxygen atoms in total. The Morgan fingerprint density at radius 3 is 2.64 bits per heavy atom. The van der Waals surface area contributed by atoms with Crippen molar-refractivity contribution in [1.82, 2.24) is 25.1 Å². The van der Waals surface area contributed by atoms with Crippen molar-refractivity contribution in [3.63, 3.8) is 0 Å². The maximum Gasteiger partial charge on any atom is 0.216 e. The molecule has 112 valence electrons. The van der Waals surface area contributed by atoms with Gasteiger partial charge in [0.1, 0.15) is 5.69 Å². The van der Waals surface area contributed by atoms with E-state index >= 15 is 0 Å². The molecule has 2 heterocycles. The maximum absolute atomic E-state index is 5.22. The second kappa shape index (κ2) is 6.29. The maximum atomic E-state index is 5.22. The molecule has 0 radical (unpaired) electrons. The van der Waals surface area contributed by atoms with Crippen LogP contribution in [0.2, 0.25) is 0 Å². The highest BCUT2D eigenvalue weighted by molar-refractivity contribution is 7.98. The van der Waals surface area contributed by atoms with E-state index in [4.69, 9.17) is 12.2 Å². The average Bonchev–Trinajstić information content (AvgIpc) is 3.11. The lowest BCUT2D eigenvalue weighted by Crippen LogP contribution is -1.95. The normalized spacial score (nSPS) is 11.4. The second-order valence-electron chi connectivity index (χ2n) is 4.62. The van der Waals surface area contributed by atoms with Crippen molar-refractivity contribution in [2.45, 2.75) is 11.8 Å². The fourth-order valence-corrected chi connectivity index (χ4v) is 2.50. The Hall–Kier alpha value is -2.19. The Bertz CT molecular complexity index is 856. The van der Waals surface area contributed by atoms with Gasteiger partial charge in [0.25, 0.3) is 0 Å². The molecule has 0 saturated carbocycles. The number of hydrogen-bond acceptors (Lipinski definition) is 5. The van der Waals surface area contributed by atoms with Crippen LogP contribution in [0.4, 0.5) is 0 Å². The molecular formula is C14H14N6S2. The molecule has 0 saturated heterocycles. The van der Waals surface area contributed by atoms with Crippen LogP contribution in [-0.4, -0.2) is 37.5 Å². The molecule has 0 atom stereocenters. The van der Waals surface area contributed by atoms with Crippen LogP contribution >= 0.6 is 24.0 Å². The summed E-state index contributed by atoms with van der Waals surface area (Å²) >= 11 is 6.93. The highest BCUT2D eigenvalue weighted by Gasteiger charge is 2.10. The van der Waals surface area contributed by atoms with Crippen LogP contribution in [0.3, 0.4) is 0 Å². The molecule has 0 bridgehead atoms. The highest BCUT2D eigenvalue weighted by Crippen LogP contribution is 2.16.